The predicted molar refractivity (Wildman–Crippen MR) is 64.7 cm³/mol. The van der Waals surface area contributed by atoms with Crippen molar-refractivity contribution in [1.29, 1.82) is 0 Å². The number of rotatable bonds is 1. The molecule has 4 heteroatoms. The number of ether oxygens (including phenoxy) is 1. The number of aryl methyl sites for hydroxylation is 2. The van der Waals surface area contributed by atoms with Gasteiger partial charge in [-0.2, -0.15) is 0 Å². The van der Waals surface area contributed by atoms with Crippen LogP contribution in [0, 0.1) is 0 Å². The number of hydrogen-bond donors (Lipinski definition) is 1. The lowest BCUT2D eigenvalue weighted by atomic mass is 9.92. The molecule has 1 aromatic rings. The average molecular weight is 238 g/mol. The maximum atomic E-state index is 6.46. The molecular formula is C12H18N2OS. The quantitative estimate of drug-likeness (QED) is 0.814. The van der Waals surface area contributed by atoms with E-state index in [0.717, 1.165) is 37.5 Å². The highest BCUT2D eigenvalue weighted by Gasteiger charge is 2.34. The molecule has 1 aromatic heterocycles. The molecule has 3 nitrogen and oxygen atoms in total. The number of fused-ring (bicyclic) bond motifs is 1. The van der Waals surface area contributed by atoms with Gasteiger partial charge in [-0.1, -0.05) is 0 Å². The summed E-state index contributed by atoms with van der Waals surface area (Å²) in [5, 5.41) is 1.16. The Labute approximate surface area is 100 Å². The van der Waals surface area contributed by atoms with E-state index in [-0.39, 0.29) is 5.54 Å². The second-order valence-electron chi connectivity index (χ2n) is 4.86. The van der Waals surface area contributed by atoms with Gasteiger partial charge in [-0.15, -0.1) is 11.3 Å². The van der Waals surface area contributed by atoms with Gasteiger partial charge in [-0.3, -0.25) is 0 Å². The van der Waals surface area contributed by atoms with E-state index in [1.54, 1.807) is 0 Å². The highest BCUT2D eigenvalue weighted by atomic mass is 32.1. The van der Waals surface area contributed by atoms with E-state index in [2.05, 4.69) is 0 Å². The van der Waals surface area contributed by atoms with Crippen LogP contribution < -0.4 is 5.73 Å². The normalized spacial score (nSPS) is 24.1. The third-order valence-electron chi connectivity index (χ3n) is 3.66. The van der Waals surface area contributed by atoms with Gasteiger partial charge in [0, 0.05) is 18.1 Å². The van der Waals surface area contributed by atoms with Crippen molar-refractivity contribution in [3.8, 4) is 0 Å². The van der Waals surface area contributed by atoms with Crippen LogP contribution in [0.1, 0.15) is 41.3 Å². The molecule has 0 saturated carbocycles. The Hall–Kier alpha value is -0.450. The van der Waals surface area contributed by atoms with Crippen molar-refractivity contribution < 1.29 is 4.74 Å². The molecule has 0 bridgehead atoms. The number of thiazole rings is 1. The van der Waals surface area contributed by atoms with Crippen LogP contribution in [0.3, 0.4) is 0 Å². The first-order valence-electron chi connectivity index (χ1n) is 6.14. The fraction of sp³-hybridized carbons (Fsp3) is 0.750. The SMILES string of the molecule is NC1(c2nc3c(s2)CCCC3)CCOCC1. The molecule has 0 unspecified atom stereocenters. The van der Waals surface area contributed by atoms with Gasteiger partial charge < -0.3 is 10.5 Å². The van der Waals surface area contributed by atoms with Gasteiger partial charge >= 0.3 is 0 Å². The monoisotopic (exact) mass is 238 g/mol. The fourth-order valence-corrected chi connectivity index (χ4v) is 3.82. The summed E-state index contributed by atoms with van der Waals surface area (Å²) < 4.78 is 5.39. The standard InChI is InChI=1S/C12H18N2OS/c13-12(5-7-15-8-6-12)11-14-9-3-1-2-4-10(9)16-11/h1-8,13H2. The van der Waals surface area contributed by atoms with Gasteiger partial charge in [0.15, 0.2) is 0 Å². The molecule has 3 rings (SSSR count). The molecule has 0 spiro atoms. The van der Waals surface area contributed by atoms with Crippen molar-refractivity contribution in [2.45, 2.75) is 44.1 Å². The van der Waals surface area contributed by atoms with Crippen molar-refractivity contribution in [2.24, 2.45) is 5.73 Å². The number of nitrogens with two attached hydrogens (primary N) is 1. The van der Waals surface area contributed by atoms with Crippen LogP contribution >= 0.6 is 11.3 Å². The highest BCUT2D eigenvalue weighted by molar-refractivity contribution is 7.11. The van der Waals surface area contributed by atoms with E-state index in [9.17, 15) is 0 Å². The molecule has 2 aliphatic rings. The van der Waals surface area contributed by atoms with Crippen molar-refractivity contribution in [3.63, 3.8) is 0 Å². The van der Waals surface area contributed by atoms with Crippen LogP contribution in [0.4, 0.5) is 0 Å². The van der Waals surface area contributed by atoms with Crippen LogP contribution in [-0.2, 0) is 23.1 Å². The van der Waals surface area contributed by atoms with E-state index < -0.39 is 0 Å². The van der Waals surface area contributed by atoms with E-state index in [0.29, 0.717) is 0 Å². The van der Waals surface area contributed by atoms with E-state index in [1.807, 2.05) is 11.3 Å². The maximum Gasteiger partial charge on any atom is 0.113 e. The third kappa shape index (κ3) is 1.79. The lowest BCUT2D eigenvalue weighted by molar-refractivity contribution is 0.0521. The van der Waals surface area contributed by atoms with Crippen LogP contribution in [0.25, 0.3) is 0 Å². The van der Waals surface area contributed by atoms with Crippen LogP contribution in [-0.4, -0.2) is 18.2 Å². The first-order chi connectivity index (χ1) is 7.78. The summed E-state index contributed by atoms with van der Waals surface area (Å²) in [5.74, 6) is 0. The molecule has 1 saturated heterocycles. The highest BCUT2D eigenvalue weighted by Crippen LogP contribution is 2.36. The average Bonchev–Trinajstić information content (AvgIpc) is 2.74. The van der Waals surface area contributed by atoms with Gasteiger partial charge in [0.2, 0.25) is 0 Å². The van der Waals surface area contributed by atoms with Crippen molar-refractivity contribution in [1.82, 2.24) is 4.98 Å². The molecule has 1 aliphatic heterocycles. The largest absolute Gasteiger partial charge is 0.381 e. The molecule has 0 aromatic carbocycles. The van der Waals surface area contributed by atoms with Crippen LogP contribution in [0.15, 0.2) is 0 Å². The van der Waals surface area contributed by atoms with E-state index in [1.165, 1.54) is 29.8 Å². The van der Waals surface area contributed by atoms with Crippen LogP contribution in [0.5, 0.6) is 0 Å². The summed E-state index contributed by atoms with van der Waals surface area (Å²) in [6, 6.07) is 0. The van der Waals surface area contributed by atoms with Crippen molar-refractivity contribution in [3.05, 3.63) is 15.6 Å². The molecule has 0 radical (unpaired) electrons. The van der Waals surface area contributed by atoms with Gasteiger partial charge in [-0.25, -0.2) is 4.98 Å². The molecular weight excluding hydrogens is 220 g/mol. The first kappa shape index (κ1) is 10.7. The van der Waals surface area contributed by atoms with E-state index >= 15 is 0 Å². The van der Waals surface area contributed by atoms with Gasteiger partial charge in [-0.05, 0) is 38.5 Å². The van der Waals surface area contributed by atoms with Gasteiger partial charge in [0.1, 0.15) is 5.01 Å². The Morgan fingerprint density at radius 1 is 1.19 bits per heavy atom. The Kier molecular flexibility index (Phi) is 2.73. The first-order valence-corrected chi connectivity index (χ1v) is 6.95. The lowest BCUT2D eigenvalue weighted by Gasteiger charge is -2.31. The van der Waals surface area contributed by atoms with E-state index in [4.69, 9.17) is 15.5 Å². The Balaban J connectivity index is 1.90. The maximum absolute atomic E-state index is 6.46. The Bertz CT molecular complexity index is 359. The minimum Gasteiger partial charge on any atom is -0.381 e. The van der Waals surface area contributed by atoms with Crippen molar-refractivity contribution >= 4 is 11.3 Å². The summed E-state index contributed by atoms with van der Waals surface area (Å²) >= 11 is 1.85. The Morgan fingerprint density at radius 2 is 1.94 bits per heavy atom. The lowest BCUT2D eigenvalue weighted by Crippen LogP contribution is -2.42. The smallest absolute Gasteiger partial charge is 0.113 e. The second-order valence-corrected chi connectivity index (χ2v) is 5.95. The molecule has 2 heterocycles. The van der Waals surface area contributed by atoms with Crippen LogP contribution in [0.2, 0.25) is 0 Å². The predicted octanol–water partition coefficient (Wildman–Crippen LogP) is 1.99. The zero-order valence-electron chi connectivity index (χ0n) is 9.50. The zero-order chi connectivity index (χ0) is 11.0. The molecule has 16 heavy (non-hydrogen) atoms. The summed E-state index contributed by atoms with van der Waals surface area (Å²) in [7, 11) is 0. The molecule has 1 fully saturated rings. The minimum atomic E-state index is -0.208. The molecule has 2 N–H and O–H groups in total. The molecule has 0 amide bonds. The number of hydrogen-bond acceptors (Lipinski definition) is 4. The fourth-order valence-electron chi connectivity index (χ4n) is 2.51. The summed E-state index contributed by atoms with van der Waals surface area (Å²) in [6.45, 7) is 1.56. The number of nitrogens with zero attached hydrogens (tertiary/aromatic N) is 1. The Morgan fingerprint density at radius 3 is 2.69 bits per heavy atom. The second kappa shape index (κ2) is 4.09. The molecule has 88 valence electrons. The number of aromatic nitrogens is 1. The van der Waals surface area contributed by atoms with Gasteiger partial charge in [0.05, 0.1) is 11.2 Å². The third-order valence-corrected chi connectivity index (χ3v) is 5.03. The topological polar surface area (TPSA) is 48.1 Å². The molecule has 0 atom stereocenters. The van der Waals surface area contributed by atoms with Crippen molar-refractivity contribution in [2.75, 3.05) is 13.2 Å². The summed E-state index contributed by atoms with van der Waals surface area (Å²) in [4.78, 5) is 6.27. The summed E-state index contributed by atoms with van der Waals surface area (Å²) in [5.41, 5.74) is 7.57. The summed E-state index contributed by atoms with van der Waals surface area (Å²) in [6.07, 6.45) is 6.79. The molecule has 1 aliphatic carbocycles. The van der Waals surface area contributed by atoms with Gasteiger partial charge in [0.25, 0.3) is 0 Å². The minimum absolute atomic E-state index is 0.208. The zero-order valence-corrected chi connectivity index (χ0v) is 10.3.